The van der Waals surface area contributed by atoms with Crippen LogP contribution in [0.25, 0.3) is 0 Å². The van der Waals surface area contributed by atoms with Crippen LogP contribution in [0.2, 0.25) is 0 Å². The summed E-state index contributed by atoms with van der Waals surface area (Å²) in [6.07, 6.45) is 6.38. The van der Waals surface area contributed by atoms with Crippen molar-refractivity contribution in [2.45, 2.75) is 38.6 Å². The van der Waals surface area contributed by atoms with Crippen LogP contribution in [0, 0.1) is 0 Å². The van der Waals surface area contributed by atoms with Gasteiger partial charge in [-0.3, -0.25) is 4.68 Å². The molecule has 0 aliphatic heterocycles. The predicted octanol–water partition coefficient (Wildman–Crippen LogP) is 1.76. The Morgan fingerprint density at radius 1 is 1.62 bits per heavy atom. The fourth-order valence-electron chi connectivity index (χ4n) is 2.13. The normalized spacial score (nSPS) is 16.6. The van der Waals surface area contributed by atoms with Gasteiger partial charge in [0.05, 0.1) is 12.6 Å². The lowest BCUT2D eigenvalue weighted by molar-refractivity contribution is 0.0527. The van der Waals surface area contributed by atoms with E-state index in [1.807, 2.05) is 4.68 Å². The second kappa shape index (κ2) is 4.55. The minimum atomic E-state index is -0.385. The third kappa shape index (κ3) is 2.03. The van der Waals surface area contributed by atoms with E-state index in [0.717, 1.165) is 12.8 Å². The van der Waals surface area contributed by atoms with Crippen molar-refractivity contribution in [1.82, 2.24) is 9.78 Å². The number of anilines is 1. The fraction of sp³-hybridized carbons (Fsp3) is 0.636. The van der Waals surface area contributed by atoms with E-state index in [2.05, 4.69) is 5.10 Å². The molecule has 88 valence electrons. The number of hydrogen-bond acceptors (Lipinski definition) is 4. The number of rotatable bonds is 3. The molecule has 0 bridgehead atoms. The molecule has 1 aromatic heterocycles. The van der Waals surface area contributed by atoms with Gasteiger partial charge in [0.25, 0.3) is 0 Å². The molecule has 1 saturated carbocycles. The van der Waals surface area contributed by atoms with Crippen LogP contribution < -0.4 is 5.73 Å². The van der Waals surface area contributed by atoms with Crippen LogP contribution in [0.3, 0.4) is 0 Å². The Labute approximate surface area is 94.6 Å². The number of nitrogens with zero attached hydrogens (tertiary/aromatic N) is 2. The third-order valence-electron chi connectivity index (χ3n) is 2.95. The Morgan fingerprint density at radius 3 is 2.94 bits per heavy atom. The van der Waals surface area contributed by atoms with E-state index in [9.17, 15) is 4.79 Å². The number of nitrogen functional groups attached to an aromatic ring is 1. The Bertz CT molecular complexity index is 381. The monoisotopic (exact) mass is 223 g/mol. The molecule has 1 heterocycles. The summed E-state index contributed by atoms with van der Waals surface area (Å²) in [5, 5.41) is 4.19. The smallest absolute Gasteiger partial charge is 0.343 e. The third-order valence-corrected chi connectivity index (χ3v) is 2.95. The van der Waals surface area contributed by atoms with Gasteiger partial charge >= 0.3 is 5.97 Å². The first-order valence-electron chi connectivity index (χ1n) is 5.74. The summed E-state index contributed by atoms with van der Waals surface area (Å²) < 4.78 is 6.73. The zero-order valence-corrected chi connectivity index (χ0v) is 9.48. The summed E-state index contributed by atoms with van der Waals surface area (Å²) in [5.41, 5.74) is 6.09. The first-order chi connectivity index (χ1) is 7.72. The number of esters is 1. The molecule has 0 amide bonds. The summed E-state index contributed by atoms with van der Waals surface area (Å²) in [4.78, 5) is 11.5. The van der Waals surface area contributed by atoms with Crippen LogP contribution in [0.4, 0.5) is 5.82 Å². The van der Waals surface area contributed by atoms with E-state index in [1.54, 1.807) is 13.1 Å². The van der Waals surface area contributed by atoms with Crippen molar-refractivity contribution in [3.05, 3.63) is 11.8 Å². The van der Waals surface area contributed by atoms with Gasteiger partial charge in [-0.05, 0) is 19.8 Å². The number of nitrogens with two attached hydrogens (primary N) is 1. The topological polar surface area (TPSA) is 70.1 Å². The molecule has 0 saturated heterocycles. The van der Waals surface area contributed by atoms with E-state index in [1.165, 1.54) is 12.8 Å². The largest absolute Gasteiger partial charge is 0.462 e. The number of carbonyl (C=O) groups excluding carboxylic acids is 1. The average Bonchev–Trinajstić information content (AvgIpc) is 2.86. The second-order valence-electron chi connectivity index (χ2n) is 4.07. The highest BCUT2D eigenvalue weighted by atomic mass is 16.5. The van der Waals surface area contributed by atoms with E-state index in [4.69, 9.17) is 10.5 Å². The molecule has 0 radical (unpaired) electrons. The van der Waals surface area contributed by atoms with Gasteiger partial charge in [0.15, 0.2) is 5.82 Å². The molecular weight excluding hydrogens is 206 g/mol. The van der Waals surface area contributed by atoms with Crippen LogP contribution in [0.15, 0.2) is 6.20 Å². The number of aromatic nitrogens is 2. The van der Waals surface area contributed by atoms with Crippen LogP contribution in [0.1, 0.15) is 49.0 Å². The van der Waals surface area contributed by atoms with Crippen LogP contribution in [-0.4, -0.2) is 22.4 Å². The highest BCUT2D eigenvalue weighted by Crippen LogP contribution is 2.29. The van der Waals surface area contributed by atoms with Gasteiger partial charge in [0.2, 0.25) is 0 Å². The van der Waals surface area contributed by atoms with Crippen molar-refractivity contribution in [3.8, 4) is 0 Å². The van der Waals surface area contributed by atoms with E-state index >= 15 is 0 Å². The molecular formula is C11H17N3O2. The number of ether oxygens (including phenoxy) is 1. The Hall–Kier alpha value is -1.52. The first-order valence-corrected chi connectivity index (χ1v) is 5.74. The zero-order chi connectivity index (χ0) is 11.5. The highest BCUT2D eigenvalue weighted by Gasteiger charge is 2.22. The lowest BCUT2D eigenvalue weighted by Crippen LogP contribution is -2.06. The summed E-state index contributed by atoms with van der Waals surface area (Å²) >= 11 is 0. The molecule has 1 aliphatic rings. The molecule has 1 aromatic rings. The van der Waals surface area contributed by atoms with E-state index in [0.29, 0.717) is 18.2 Å². The molecule has 1 aliphatic carbocycles. The Balaban J connectivity index is 2.17. The van der Waals surface area contributed by atoms with Crippen LogP contribution in [0.5, 0.6) is 0 Å². The first kappa shape index (κ1) is 11.0. The molecule has 0 atom stereocenters. The standard InChI is InChI=1S/C11H17N3O2/c1-2-16-11(15)9-7-14(13-10(9)12)8-5-3-4-6-8/h7-8H,2-6H2,1H3,(H2,12,13). The summed E-state index contributed by atoms with van der Waals surface area (Å²) in [6.45, 7) is 2.13. The van der Waals surface area contributed by atoms with Crippen molar-refractivity contribution in [3.63, 3.8) is 0 Å². The van der Waals surface area contributed by atoms with Crippen LogP contribution in [-0.2, 0) is 4.74 Å². The van der Waals surface area contributed by atoms with Gasteiger partial charge in [0.1, 0.15) is 5.56 Å². The summed E-state index contributed by atoms with van der Waals surface area (Å²) in [7, 11) is 0. The molecule has 1 fully saturated rings. The molecule has 0 unspecified atom stereocenters. The lowest BCUT2D eigenvalue weighted by Gasteiger charge is -2.08. The molecule has 2 rings (SSSR count). The average molecular weight is 223 g/mol. The number of carbonyl (C=O) groups is 1. The summed E-state index contributed by atoms with van der Waals surface area (Å²) in [6, 6.07) is 0.394. The van der Waals surface area contributed by atoms with Crippen molar-refractivity contribution in [2.24, 2.45) is 0 Å². The maximum absolute atomic E-state index is 11.5. The van der Waals surface area contributed by atoms with Crippen molar-refractivity contribution >= 4 is 11.8 Å². The van der Waals surface area contributed by atoms with Gasteiger partial charge in [-0.15, -0.1) is 0 Å². The second-order valence-corrected chi connectivity index (χ2v) is 4.07. The number of hydrogen-bond donors (Lipinski definition) is 1. The van der Waals surface area contributed by atoms with Crippen molar-refractivity contribution < 1.29 is 9.53 Å². The zero-order valence-electron chi connectivity index (χ0n) is 9.48. The minimum Gasteiger partial charge on any atom is -0.462 e. The van der Waals surface area contributed by atoms with Crippen molar-refractivity contribution in [1.29, 1.82) is 0 Å². The van der Waals surface area contributed by atoms with Gasteiger partial charge in [-0.25, -0.2) is 4.79 Å². The molecule has 16 heavy (non-hydrogen) atoms. The van der Waals surface area contributed by atoms with Crippen LogP contribution >= 0.6 is 0 Å². The maximum atomic E-state index is 11.5. The highest BCUT2D eigenvalue weighted by molar-refractivity contribution is 5.93. The van der Waals surface area contributed by atoms with E-state index < -0.39 is 0 Å². The SMILES string of the molecule is CCOC(=O)c1cn(C2CCCC2)nc1N. The molecule has 5 heteroatoms. The lowest BCUT2D eigenvalue weighted by atomic mass is 10.2. The Morgan fingerprint density at radius 2 is 2.31 bits per heavy atom. The fourth-order valence-corrected chi connectivity index (χ4v) is 2.13. The van der Waals surface area contributed by atoms with E-state index in [-0.39, 0.29) is 11.8 Å². The van der Waals surface area contributed by atoms with Gasteiger partial charge in [0, 0.05) is 6.20 Å². The molecule has 0 aromatic carbocycles. The minimum absolute atomic E-state index is 0.269. The Kier molecular flexibility index (Phi) is 3.12. The van der Waals surface area contributed by atoms with Gasteiger partial charge in [-0.2, -0.15) is 5.10 Å². The quantitative estimate of drug-likeness (QED) is 0.792. The predicted molar refractivity (Wildman–Crippen MR) is 60.1 cm³/mol. The molecule has 0 spiro atoms. The maximum Gasteiger partial charge on any atom is 0.343 e. The molecule has 2 N–H and O–H groups in total. The van der Waals surface area contributed by atoms with Gasteiger partial charge < -0.3 is 10.5 Å². The molecule has 5 nitrogen and oxygen atoms in total. The van der Waals surface area contributed by atoms with Crippen molar-refractivity contribution in [2.75, 3.05) is 12.3 Å². The van der Waals surface area contributed by atoms with Gasteiger partial charge in [-0.1, -0.05) is 12.8 Å². The summed E-state index contributed by atoms with van der Waals surface area (Å²) in [5.74, 6) is -0.116.